The van der Waals surface area contributed by atoms with E-state index >= 15 is 0 Å². The zero-order valence-corrected chi connectivity index (χ0v) is 14.0. The first-order valence-electron chi connectivity index (χ1n) is 7.51. The molecule has 6 heteroatoms. The lowest BCUT2D eigenvalue weighted by molar-refractivity contribution is -0.121. The highest BCUT2D eigenvalue weighted by Crippen LogP contribution is 2.20. The Labute approximate surface area is 136 Å². The summed E-state index contributed by atoms with van der Waals surface area (Å²) in [7, 11) is 0. The van der Waals surface area contributed by atoms with Crippen molar-refractivity contribution in [1.29, 1.82) is 0 Å². The van der Waals surface area contributed by atoms with Gasteiger partial charge in [0.2, 0.25) is 5.91 Å². The molecule has 0 aromatic heterocycles. The van der Waals surface area contributed by atoms with E-state index < -0.39 is 0 Å². The molecule has 1 aromatic carbocycles. The lowest BCUT2D eigenvalue weighted by atomic mass is 10.1. The van der Waals surface area contributed by atoms with Crippen LogP contribution < -0.4 is 16.0 Å². The van der Waals surface area contributed by atoms with E-state index in [1.807, 2.05) is 39.0 Å². The molecule has 0 radical (unpaired) electrons. The summed E-state index contributed by atoms with van der Waals surface area (Å²) in [6.07, 6.45) is 1.02. The van der Waals surface area contributed by atoms with E-state index in [1.54, 1.807) is 6.07 Å². The fraction of sp³-hybridized carbons (Fsp3) is 0.500. The molecule has 122 valence electrons. The summed E-state index contributed by atoms with van der Waals surface area (Å²) >= 11 is 5.97. The van der Waals surface area contributed by atoms with Crippen molar-refractivity contribution >= 4 is 23.5 Å². The minimum absolute atomic E-state index is 0.0721. The van der Waals surface area contributed by atoms with Gasteiger partial charge in [0.15, 0.2) is 0 Å². The van der Waals surface area contributed by atoms with E-state index in [9.17, 15) is 9.59 Å². The molecule has 1 atom stereocenters. The van der Waals surface area contributed by atoms with Gasteiger partial charge in [0.25, 0.3) is 0 Å². The van der Waals surface area contributed by atoms with Crippen LogP contribution in [0.5, 0.6) is 0 Å². The molecule has 0 saturated heterocycles. The number of urea groups is 1. The second-order valence-electron chi connectivity index (χ2n) is 5.39. The molecule has 0 aliphatic rings. The topological polar surface area (TPSA) is 70.2 Å². The molecule has 1 rings (SSSR count). The third kappa shape index (κ3) is 6.80. The van der Waals surface area contributed by atoms with Gasteiger partial charge in [-0.15, -0.1) is 0 Å². The lowest BCUT2D eigenvalue weighted by Crippen LogP contribution is -2.40. The molecule has 0 aliphatic carbocycles. The zero-order chi connectivity index (χ0) is 16.5. The van der Waals surface area contributed by atoms with Gasteiger partial charge in [0.1, 0.15) is 0 Å². The lowest BCUT2D eigenvalue weighted by Gasteiger charge is -2.18. The molecule has 3 N–H and O–H groups in total. The van der Waals surface area contributed by atoms with Gasteiger partial charge in [-0.25, -0.2) is 4.79 Å². The summed E-state index contributed by atoms with van der Waals surface area (Å²) < 4.78 is 0. The van der Waals surface area contributed by atoms with Crippen LogP contribution in [0.1, 0.15) is 45.2 Å². The summed E-state index contributed by atoms with van der Waals surface area (Å²) in [5.41, 5.74) is 0.961. The summed E-state index contributed by atoms with van der Waals surface area (Å²) in [6, 6.07) is 7.13. The maximum atomic E-state index is 11.9. The van der Waals surface area contributed by atoms with Gasteiger partial charge in [-0.1, -0.05) is 30.7 Å². The molecule has 0 aliphatic heterocycles. The average Bonchev–Trinajstić information content (AvgIpc) is 2.43. The highest BCUT2D eigenvalue weighted by molar-refractivity contribution is 6.30. The first-order valence-corrected chi connectivity index (χ1v) is 7.89. The molecule has 0 heterocycles. The number of carbonyl (C=O) groups is 2. The van der Waals surface area contributed by atoms with Gasteiger partial charge < -0.3 is 16.0 Å². The van der Waals surface area contributed by atoms with E-state index in [1.165, 1.54) is 0 Å². The van der Waals surface area contributed by atoms with Crippen LogP contribution in [0.2, 0.25) is 5.02 Å². The number of rotatable bonds is 7. The van der Waals surface area contributed by atoms with Crippen molar-refractivity contribution in [1.82, 2.24) is 16.0 Å². The third-order valence-corrected chi connectivity index (χ3v) is 3.29. The summed E-state index contributed by atoms with van der Waals surface area (Å²) in [6.45, 7) is 6.09. The van der Waals surface area contributed by atoms with E-state index in [0.717, 1.165) is 12.0 Å². The number of halogens is 1. The Bertz CT molecular complexity index is 506. The Balaban J connectivity index is 2.41. The van der Waals surface area contributed by atoms with E-state index in [2.05, 4.69) is 16.0 Å². The Hall–Kier alpha value is -1.75. The van der Waals surface area contributed by atoms with Crippen molar-refractivity contribution in [3.05, 3.63) is 34.9 Å². The second kappa shape index (κ2) is 9.30. The van der Waals surface area contributed by atoms with Gasteiger partial charge in [-0.05, 0) is 38.0 Å². The average molecular weight is 326 g/mol. The predicted octanol–water partition coefficient (Wildman–Crippen LogP) is 3.01. The van der Waals surface area contributed by atoms with E-state index in [4.69, 9.17) is 11.6 Å². The van der Waals surface area contributed by atoms with Crippen LogP contribution in [0.25, 0.3) is 0 Å². The Kier molecular flexibility index (Phi) is 7.74. The SMILES string of the molecule is CCC(NC(=O)NCCC(=O)NC(C)C)c1cccc(Cl)c1. The minimum atomic E-state index is -0.288. The van der Waals surface area contributed by atoms with Crippen LogP contribution in [-0.4, -0.2) is 24.5 Å². The molecular formula is C16H24ClN3O2. The van der Waals surface area contributed by atoms with Crippen LogP contribution in [0, 0.1) is 0 Å². The number of amides is 3. The number of hydrogen-bond acceptors (Lipinski definition) is 2. The number of carbonyl (C=O) groups excluding carboxylic acids is 2. The standard InChI is InChI=1S/C16H24ClN3O2/c1-4-14(12-6-5-7-13(17)10-12)20-16(22)18-9-8-15(21)19-11(2)3/h5-7,10-11,14H,4,8-9H2,1-3H3,(H,19,21)(H2,18,20,22). The molecule has 1 unspecified atom stereocenters. The zero-order valence-electron chi connectivity index (χ0n) is 13.3. The molecular weight excluding hydrogens is 302 g/mol. The van der Waals surface area contributed by atoms with Crippen molar-refractivity contribution in [2.75, 3.05) is 6.54 Å². The molecule has 0 fully saturated rings. The second-order valence-corrected chi connectivity index (χ2v) is 5.82. The minimum Gasteiger partial charge on any atom is -0.354 e. The van der Waals surface area contributed by atoms with Gasteiger partial charge >= 0.3 is 6.03 Å². The maximum absolute atomic E-state index is 11.9. The molecule has 3 amide bonds. The Morgan fingerprint density at radius 2 is 1.95 bits per heavy atom. The van der Waals surface area contributed by atoms with Crippen molar-refractivity contribution < 1.29 is 9.59 Å². The van der Waals surface area contributed by atoms with Crippen LogP contribution in [-0.2, 0) is 4.79 Å². The van der Waals surface area contributed by atoms with Crippen molar-refractivity contribution in [3.63, 3.8) is 0 Å². The van der Waals surface area contributed by atoms with Gasteiger partial charge in [0.05, 0.1) is 6.04 Å². The van der Waals surface area contributed by atoms with Crippen molar-refractivity contribution in [3.8, 4) is 0 Å². The predicted molar refractivity (Wildman–Crippen MR) is 88.9 cm³/mol. The first kappa shape index (κ1) is 18.3. The first-order chi connectivity index (χ1) is 10.4. The fourth-order valence-corrected chi connectivity index (χ4v) is 2.24. The Morgan fingerprint density at radius 1 is 1.23 bits per heavy atom. The molecule has 5 nitrogen and oxygen atoms in total. The van der Waals surface area contributed by atoms with Gasteiger partial charge in [-0.3, -0.25) is 4.79 Å². The highest BCUT2D eigenvalue weighted by Gasteiger charge is 2.13. The van der Waals surface area contributed by atoms with Crippen LogP contribution in [0.4, 0.5) is 4.79 Å². The van der Waals surface area contributed by atoms with Gasteiger partial charge in [0, 0.05) is 24.0 Å². The number of nitrogens with one attached hydrogen (secondary N) is 3. The van der Waals surface area contributed by atoms with Crippen molar-refractivity contribution in [2.45, 2.75) is 45.7 Å². The monoisotopic (exact) mass is 325 g/mol. The van der Waals surface area contributed by atoms with E-state index in [0.29, 0.717) is 11.6 Å². The smallest absolute Gasteiger partial charge is 0.315 e. The molecule has 1 aromatic rings. The van der Waals surface area contributed by atoms with Crippen molar-refractivity contribution in [2.24, 2.45) is 0 Å². The number of benzene rings is 1. The normalized spacial score (nSPS) is 11.9. The molecule has 0 spiro atoms. The molecule has 22 heavy (non-hydrogen) atoms. The van der Waals surface area contributed by atoms with Crippen LogP contribution >= 0.6 is 11.6 Å². The quantitative estimate of drug-likeness (QED) is 0.721. The summed E-state index contributed by atoms with van der Waals surface area (Å²) in [5.74, 6) is -0.0721. The van der Waals surface area contributed by atoms with Crippen LogP contribution in [0.3, 0.4) is 0 Å². The molecule has 0 saturated carbocycles. The number of hydrogen-bond donors (Lipinski definition) is 3. The summed E-state index contributed by atoms with van der Waals surface area (Å²) in [4.78, 5) is 23.4. The summed E-state index contributed by atoms with van der Waals surface area (Å²) in [5, 5.41) is 8.99. The third-order valence-electron chi connectivity index (χ3n) is 3.05. The maximum Gasteiger partial charge on any atom is 0.315 e. The van der Waals surface area contributed by atoms with Crippen LogP contribution in [0.15, 0.2) is 24.3 Å². The fourth-order valence-electron chi connectivity index (χ4n) is 2.04. The molecule has 0 bridgehead atoms. The van der Waals surface area contributed by atoms with Gasteiger partial charge in [-0.2, -0.15) is 0 Å². The Morgan fingerprint density at radius 3 is 2.55 bits per heavy atom. The van der Waals surface area contributed by atoms with E-state index in [-0.39, 0.29) is 30.4 Å². The highest BCUT2D eigenvalue weighted by atomic mass is 35.5. The largest absolute Gasteiger partial charge is 0.354 e.